The van der Waals surface area contributed by atoms with Gasteiger partial charge in [0.25, 0.3) is 0 Å². The number of hydrogen-bond donors (Lipinski definition) is 1. The van der Waals surface area contributed by atoms with E-state index >= 15 is 0 Å². The normalized spacial score (nSPS) is 10.3. The summed E-state index contributed by atoms with van der Waals surface area (Å²) in [6, 6.07) is 23.7. The number of para-hydroxylation sites is 1. The second kappa shape index (κ2) is 10.8. The van der Waals surface area contributed by atoms with Crippen molar-refractivity contribution in [2.45, 2.75) is 20.4 Å². The van der Waals surface area contributed by atoms with Crippen LogP contribution in [0.3, 0.4) is 0 Å². The first kappa shape index (κ1) is 21.9. The first-order valence-corrected chi connectivity index (χ1v) is 10.2. The van der Waals surface area contributed by atoms with Gasteiger partial charge in [-0.25, -0.2) is 0 Å². The van der Waals surface area contributed by atoms with Gasteiger partial charge in [-0.05, 0) is 43.7 Å². The van der Waals surface area contributed by atoms with Crippen LogP contribution in [-0.4, -0.2) is 25.0 Å². The van der Waals surface area contributed by atoms with E-state index in [1.165, 1.54) is 4.90 Å². The third kappa shape index (κ3) is 5.85. The number of nitrogens with zero attached hydrogens (tertiary/aromatic N) is 1. The molecular weight excluding hydrogens is 392 g/mol. The van der Waals surface area contributed by atoms with Crippen molar-refractivity contribution in [2.75, 3.05) is 23.4 Å². The van der Waals surface area contributed by atoms with Crippen LogP contribution in [0.2, 0.25) is 0 Å². The molecule has 2 amide bonds. The fraction of sp³-hybridized carbons (Fsp3) is 0.200. The molecule has 0 aliphatic rings. The standard InChI is InChI=1S/C25H26N2O4/c1-3-30-22-16-15-20(17-23(22)31-4-2)26-24(28)25(29)27(21-13-9-6-10-14-21)18-19-11-7-5-8-12-19/h5-17H,3-4,18H2,1-2H3,(H,26,28). The maximum absolute atomic E-state index is 13.1. The van der Waals surface area contributed by atoms with Crippen molar-refractivity contribution in [3.8, 4) is 11.5 Å². The second-order valence-electron chi connectivity index (χ2n) is 6.69. The highest BCUT2D eigenvalue weighted by Gasteiger charge is 2.24. The lowest BCUT2D eigenvalue weighted by molar-refractivity contribution is -0.134. The Labute approximate surface area is 182 Å². The van der Waals surface area contributed by atoms with Gasteiger partial charge in [0.05, 0.1) is 19.8 Å². The molecule has 0 saturated heterocycles. The Morgan fingerprint density at radius 2 is 1.42 bits per heavy atom. The van der Waals surface area contributed by atoms with E-state index in [9.17, 15) is 9.59 Å². The fourth-order valence-electron chi connectivity index (χ4n) is 3.09. The van der Waals surface area contributed by atoms with Gasteiger partial charge in [-0.3, -0.25) is 14.5 Å². The van der Waals surface area contributed by atoms with E-state index in [2.05, 4.69) is 5.32 Å². The Hall–Kier alpha value is -3.80. The Bertz CT molecular complexity index is 1010. The van der Waals surface area contributed by atoms with E-state index in [0.717, 1.165) is 5.56 Å². The van der Waals surface area contributed by atoms with Crippen LogP contribution in [0.25, 0.3) is 0 Å². The van der Waals surface area contributed by atoms with Crippen molar-refractivity contribution in [1.82, 2.24) is 0 Å². The summed E-state index contributed by atoms with van der Waals surface area (Å²) in [5.41, 5.74) is 2.03. The summed E-state index contributed by atoms with van der Waals surface area (Å²) in [5.74, 6) is -0.282. The van der Waals surface area contributed by atoms with E-state index < -0.39 is 11.8 Å². The SMILES string of the molecule is CCOc1ccc(NC(=O)C(=O)N(Cc2ccccc2)c2ccccc2)cc1OCC. The van der Waals surface area contributed by atoms with Gasteiger partial charge in [-0.15, -0.1) is 0 Å². The van der Waals surface area contributed by atoms with Crippen LogP contribution in [0, 0.1) is 0 Å². The topological polar surface area (TPSA) is 67.9 Å². The average molecular weight is 418 g/mol. The largest absolute Gasteiger partial charge is 0.490 e. The quantitative estimate of drug-likeness (QED) is 0.541. The number of ether oxygens (including phenoxy) is 2. The minimum Gasteiger partial charge on any atom is -0.490 e. The molecule has 3 aromatic carbocycles. The molecule has 0 spiro atoms. The average Bonchev–Trinajstić information content (AvgIpc) is 2.80. The highest BCUT2D eigenvalue weighted by molar-refractivity contribution is 6.44. The highest BCUT2D eigenvalue weighted by Crippen LogP contribution is 2.30. The molecule has 0 fully saturated rings. The number of benzene rings is 3. The van der Waals surface area contributed by atoms with Crippen molar-refractivity contribution < 1.29 is 19.1 Å². The van der Waals surface area contributed by atoms with E-state index in [-0.39, 0.29) is 6.54 Å². The van der Waals surface area contributed by atoms with Gasteiger partial charge in [-0.1, -0.05) is 48.5 Å². The lowest BCUT2D eigenvalue weighted by Crippen LogP contribution is -2.39. The molecule has 0 unspecified atom stereocenters. The van der Waals surface area contributed by atoms with Crippen LogP contribution in [0.4, 0.5) is 11.4 Å². The first-order chi connectivity index (χ1) is 15.1. The maximum atomic E-state index is 13.1. The monoisotopic (exact) mass is 418 g/mol. The third-order valence-electron chi connectivity index (χ3n) is 4.49. The molecular formula is C25H26N2O4. The van der Waals surface area contributed by atoms with Crippen LogP contribution in [-0.2, 0) is 16.1 Å². The lowest BCUT2D eigenvalue weighted by Gasteiger charge is -2.22. The highest BCUT2D eigenvalue weighted by atomic mass is 16.5. The number of carbonyl (C=O) groups excluding carboxylic acids is 2. The van der Waals surface area contributed by atoms with Crippen molar-refractivity contribution in [2.24, 2.45) is 0 Å². The molecule has 0 aromatic heterocycles. The van der Waals surface area contributed by atoms with Gasteiger partial charge in [0.1, 0.15) is 0 Å². The van der Waals surface area contributed by atoms with Gasteiger partial charge in [-0.2, -0.15) is 0 Å². The van der Waals surface area contributed by atoms with Crippen LogP contribution in [0.5, 0.6) is 11.5 Å². The van der Waals surface area contributed by atoms with Crippen LogP contribution in [0.1, 0.15) is 19.4 Å². The van der Waals surface area contributed by atoms with Crippen molar-refractivity contribution in [3.63, 3.8) is 0 Å². The van der Waals surface area contributed by atoms with Crippen molar-refractivity contribution >= 4 is 23.2 Å². The van der Waals surface area contributed by atoms with Crippen LogP contribution >= 0.6 is 0 Å². The summed E-state index contributed by atoms with van der Waals surface area (Å²) >= 11 is 0. The van der Waals surface area contributed by atoms with Crippen LogP contribution < -0.4 is 19.7 Å². The summed E-state index contributed by atoms with van der Waals surface area (Å²) in [6.07, 6.45) is 0. The zero-order chi connectivity index (χ0) is 22.1. The lowest BCUT2D eigenvalue weighted by atomic mass is 10.2. The van der Waals surface area contributed by atoms with Crippen molar-refractivity contribution in [3.05, 3.63) is 84.4 Å². The number of carbonyl (C=O) groups is 2. The predicted octanol–water partition coefficient (Wildman–Crippen LogP) is 4.66. The number of rotatable bonds is 8. The molecule has 0 aliphatic carbocycles. The third-order valence-corrected chi connectivity index (χ3v) is 4.49. The van der Waals surface area contributed by atoms with Gasteiger partial charge in [0, 0.05) is 17.4 Å². The zero-order valence-electron chi connectivity index (χ0n) is 17.7. The van der Waals surface area contributed by atoms with Crippen LogP contribution in [0.15, 0.2) is 78.9 Å². The summed E-state index contributed by atoms with van der Waals surface area (Å²) < 4.78 is 11.1. The zero-order valence-corrected chi connectivity index (χ0v) is 17.7. The van der Waals surface area contributed by atoms with Gasteiger partial charge >= 0.3 is 11.8 Å². The fourth-order valence-corrected chi connectivity index (χ4v) is 3.09. The molecule has 160 valence electrons. The summed E-state index contributed by atoms with van der Waals surface area (Å²) in [5, 5.41) is 2.68. The smallest absolute Gasteiger partial charge is 0.316 e. The van der Waals surface area contributed by atoms with E-state index in [1.807, 2.05) is 62.4 Å². The molecule has 1 N–H and O–H groups in total. The molecule has 3 rings (SSSR count). The van der Waals surface area contributed by atoms with Gasteiger partial charge in [0.2, 0.25) is 0 Å². The molecule has 0 saturated carbocycles. The molecule has 0 bridgehead atoms. The number of anilines is 2. The summed E-state index contributed by atoms with van der Waals surface area (Å²) in [4.78, 5) is 27.4. The minimum absolute atomic E-state index is 0.282. The molecule has 31 heavy (non-hydrogen) atoms. The molecule has 0 atom stereocenters. The predicted molar refractivity (Wildman–Crippen MR) is 121 cm³/mol. The van der Waals surface area contributed by atoms with E-state index in [1.54, 1.807) is 30.3 Å². The molecule has 0 heterocycles. The number of hydrogen-bond acceptors (Lipinski definition) is 4. The summed E-state index contributed by atoms with van der Waals surface area (Å²) in [7, 11) is 0. The Morgan fingerprint density at radius 1 is 0.806 bits per heavy atom. The Morgan fingerprint density at radius 3 is 2.06 bits per heavy atom. The van der Waals surface area contributed by atoms with Gasteiger partial charge in [0.15, 0.2) is 11.5 Å². The molecule has 3 aromatic rings. The molecule has 0 aliphatic heterocycles. The maximum Gasteiger partial charge on any atom is 0.316 e. The molecule has 6 heteroatoms. The molecule has 0 radical (unpaired) electrons. The Balaban J connectivity index is 1.81. The van der Waals surface area contributed by atoms with Crippen molar-refractivity contribution in [1.29, 1.82) is 0 Å². The minimum atomic E-state index is -0.730. The van der Waals surface area contributed by atoms with E-state index in [4.69, 9.17) is 9.47 Å². The van der Waals surface area contributed by atoms with E-state index in [0.29, 0.717) is 36.1 Å². The Kier molecular flexibility index (Phi) is 7.65. The first-order valence-electron chi connectivity index (χ1n) is 10.2. The summed E-state index contributed by atoms with van der Waals surface area (Å²) in [6.45, 7) is 4.98. The second-order valence-corrected chi connectivity index (χ2v) is 6.69. The number of amides is 2. The molecule has 6 nitrogen and oxygen atoms in total. The number of nitrogens with one attached hydrogen (secondary N) is 1. The van der Waals surface area contributed by atoms with Gasteiger partial charge < -0.3 is 14.8 Å².